The molecule has 0 saturated carbocycles. The van der Waals surface area contributed by atoms with Crippen molar-refractivity contribution in [1.82, 2.24) is 9.47 Å². The van der Waals surface area contributed by atoms with E-state index in [1.54, 1.807) is 16.8 Å². The van der Waals surface area contributed by atoms with Crippen molar-refractivity contribution in [3.05, 3.63) is 23.0 Å². The lowest BCUT2D eigenvalue weighted by atomic mass is 10.3. The number of amides is 1. The van der Waals surface area contributed by atoms with Gasteiger partial charge < -0.3 is 14.6 Å². The first-order valence-corrected chi connectivity index (χ1v) is 6.74. The molecular weight excluding hydrogens is 268 g/mol. The van der Waals surface area contributed by atoms with Crippen LogP contribution in [0.15, 0.2) is 12.3 Å². The number of aliphatic carboxylic acids is 1. The Morgan fingerprint density at radius 2 is 2.05 bits per heavy atom. The Morgan fingerprint density at radius 3 is 2.58 bits per heavy atom. The Bertz CT molecular complexity index is 457. The second-order valence-electron chi connectivity index (χ2n) is 4.36. The Morgan fingerprint density at radius 1 is 1.37 bits per heavy atom. The minimum Gasteiger partial charge on any atom is -0.480 e. The number of aryl methyl sites for hydroxylation is 1. The lowest BCUT2D eigenvalue weighted by molar-refractivity contribution is -0.137. The number of carboxylic acid groups (broad SMARTS) is 1. The van der Waals surface area contributed by atoms with Crippen molar-refractivity contribution in [3.63, 3.8) is 0 Å². The van der Waals surface area contributed by atoms with E-state index in [2.05, 4.69) is 0 Å². The third-order valence-electron chi connectivity index (χ3n) is 2.65. The molecule has 1 N–H and O–H groups in total. The molecule has 0 aliphatic heterocycles. The van der Waals surface area contributed by atoms with E-state index in [0.29, 0.717) is 30.2 Å². The normalized spacial score (nSPS) is 10.5. The van der Waals surface area contributed by atoms with Gasteiger partial charge in [0.25, 0.3) is 5.91 Å². The van der Waals surface area contributed by atoms with E-state index in [0.717, 1.165) is 6.42 Å². The molecule has 1 aromatic rings. The number of aromatic nitrogens is 1. The molecule has 0 aromatic carbocycles. The van der Waals surface area contributed by atoms with E-state index in [9.17, 15) is 9.59 Å². The number of hydrogen-bond donors (Lipinski definition) is 1. The second-order valence-corrected chi connectivity index (χ2v) is 4.79. The highest BCUT2D eigenvalue weighted by Crippen LogP contribution is 2.17. The molecule has 0 saturated heterocycles. The van der Waals surface area contributed by atoms with E-state index in [1.807, 2.05) is 13.8 Å². The fraction of sp³-hybridized carbons (Fsp3) is 0.538. The van der Waals surface area contributed by atoms with Crippen LogP contribution in [0.4, 0.5) is 0 Å². The summed E-state index contributed by atoms with van der Waals surface area (Å²) in [4.78, 5) is 24.5. The summed E-state index contributed by atoms with van der Waals surface area (Å²) in [5.41, 5.74) is 0.446. The predicted molar refractivity (Wildman–Crippen MR) is 73.6 cm³/mol. The van der Waals surface area contributed by atoms with Crippen LogP contribution >= 0.6 is 11.6 Å². The molecule has 1 heterocycles. The summed E-state index contributed by atoms with van der Waals surface area (Å²) in [6.07, 6.45) is 3.28. The summed E-state index contributed by atoms with van der Waals surface area (Å²) in [5, 5.41) is 9.35. The van der Waals surface area contributed by atoms with Crippen LogP contribution in [0.25, 0.3) is 0 Å². The smallest absolute Gasteiger partial charge is 0.323 e. The van der Waals surface area contributed by atoms with Crippen LogP contribution in [0.5, 0.6) is 0 Å². The molecule has 19 heavy (non-hydrogen) atoms. The SMILES string of the molecule is CCCN(CC(=O)O)C(=O)c1cc(Cl)cn1CCC. The van der Waals surface area contributed by atoms with Crippen molar-refractivity contribution in [2.45, 2.75) is 33.2 Å². The number of carbonyl (C=O) groups excluding carboxylic acids is 1. The Labute approximate surface area is 117 Å². The molecule has 0 spiro atoms. The average molecular weight is 287 g/mol. The number of nitrogens with zero attached hydrogens (tertiary/aromatic N) is 2. The van der Waals surface area contributed by atoms with Crippen LogP contribution in [0.3, 0.4) is 0 Å². The minimum atomic E-state index is -1.01. The quantitative estimate of drug-likeness (QED) is 0.837. The van der Waals surface area contributed by atoms with E-state index in [1.165, 1.54) is 4.90 Å². The average Bonchev–Trinajstić information content (AvgIpc) is 2.69. The number of rotatable bonds is 7. The van der Waals surface area contributed by atoms with Gasteiger partial charge in [0.05, 0.1) is 5.02 Å². The molecule has 1 aromatic heterocycles. The summed E-state index contributed by atoms with van der Waals surface area (Å²) >= 11 is 5.92. The molecule has 1 amide bonds. The summed E-state index contributed by atoms with van der Waals surface area (Å²) < 4.78 is 1.77. The fourth-order valence-corrected chi connectivity index (χ4v) is 2.15. The van der Waals surface area contributed by atoms with Gasteiger partial charge in [-0.1, -0.05) is 25.4 Å². The fourth-order valence-electron chi connectivity index (χ4n) is 1.93. The number of hydrogen-bond acceptors (Lipinski definition) is 2. The van der Waals surface area contributed by atoms with Crippen molar-refractivity contribution >= 4 is 23.5 Å². The van der Waals surface area contributed by atoms with Crippen molar-refractivity contribution in [3.8, 4) is 0 Å². The molecule has 0 atom stereocenters. The standard InChI is InChI=1S/C13H19ClN2O3/c1-3-5-15-8-10(14)7-11(15)13(19)16(6-4-2)9-12(17)18/h7-8H,3-6,9H2,1-2H3,(H,17,18). The maximum Gasteiger partial charge on any atom is 0.323 e. The summed E-state index contributed by atoms with van der Waals surface area (Å²) in [6.45, 7) is 4.71. The largest absolute Gasteiger partial charge is 0.480 e. The predicted octanol–water partition coefficient (Wildman–Crippen LogP) is 2.49. The highest BCUT2D eigenvalue weighted by Gasteiger charge is 2.21. The van der Waals surface area contributed by atoms with Gasteiger partial charge in [-0.25, -0.2) is 0 Å². The molecular formula is C13H19ClN2O3. The highest BCUT2D eigenvalue weighted by atomic mass is 35.5. The molecule has 5 nitrogen and oxygen atoms in total. The first kappa shape index (κ1) is 15.6. The van der Waals surface area contributed by atoms with Crippen molar-refractivity contribution in [2.24, 2.45) is 0 Å². The van der Waals surface area contributed by atoms with Gasteiger partial charge in [-0.05, 0) is 18.9 Å². The third-order valence-corrected chi connectivity index (χ3v) is 2.86. The zero-order valence-corrected chi connectivity index (χ0v) is 12.0. The molecule has 0 radical (unpaired) electrons. The van der Waals surface area contributed by atoms with Crippen LogP contribution in [0.2, 0.25) is 5.02 Å². The van der Waals surface area contributed by atoms with Crippen molar-refractivity contribution in [1.29, 1.82) is 0 Å². The van der Waals surface area contributed by atoms with Gasteiger partial charge in [-0.3, -0.25) is 9.59 Å². The highest BCUT2D eigenvalue weighted by molar-refractivity contribution is 6.31. The van der Waals surface area contributed by atoms with E-state index in [4.69, 9.17) is 16.7 Å². The Balaban J connectivity index is 2.97. The van der Waals surface area contributed by atoms with E-state index >= 15 is 0 Å². The lowest BCUT2D eigenvalue weighted by Crippen LogP contribution is -2.37. The van der Waals surface area contributed by atoms with Gasteiger partial charge in [0.2, 0.25) is 0 Å². The number of carboxylic acids is 1. The van der Waals surface area contributed by atoms with Crippen molar-refractivity contribution < 1.29 is 14.7 Å². The van der Waals surface area contributed by atoms with Gasteiger partial charge >= 0.3 is 5.97 Å². The summed E-state index contributed by atoms with van der Waals surface area (Å²) in [7, 11) is 0. The maximum absolute atomic E-state index is 12.4. The summed E-state index contributed by atoms with van der Waals surface area (Å²) in [6, 6.07) is 1.59. The third kappa shape index (κ3) is 4.28. The zero-order chi connectivity index (χ0) is 14.4. The Hall–Kier alpha value is -1.49. The maximum atomic E-state index is 12.4. The zero-order valence-electron chi connectivity index (χ0n) is 11.2. The molecule has 0 aliphatic carbocycles. The molecule has 6 heteroatoms. The van der Waals surface area contributed by atoms with Crippen LogP contribution in [0.1, 0.15) is 37.2 Å². The van der Waals surface area contributed by atoms with Crippen molar-refractivity contribution in [2.75, 3.05) is 13.1 Å². The van der Waals surface area contributed by atoms with Crippen LogP contribution in [0, 0.1) is 0 Å². The first-order valence-electron chi connectivity index (χ1n) is 6.36. The molecule has 1 rings (SSSR count). The second kappa shape index (κ2) is 7.19. The van der Waals surface area contributed by atoms with Crippen LogP contribution < -0.4 is 0 Å². The van der Waals surface area contributed by atoms with Gasteiger partial charge in [0.15, 0.2) is 0 Å². The Kier molecular flexibility index (Phi) is 5.89. The monoisotopic (exact) mass is 286 g/mol. The summed E-state index contributed by atoms with van der Waals surface area (Å²) in [5.74, 6) is -1.30. The van der Waals surface area contributed by atoms with E-state index in [-0.39, 0.29) is 12.5 Å². The van der Waals surface area contributed by atoms with Crippen LogP contribution in [-0.2, 0) is 11.3 Å². The lowest BCUT2D eigenvalue weighted by Gasteiger charge is -2.20. The minimum absolute atomic E-state index is 0.287. The first-order chi connectivity index (χ1) is 8.99. The molecule has 0 fully saturated rings. The topological polar surface area (TPSA) is 62.5 Å². The number of carbonyl (C=O) groups is 2. The molecule has 106 valence electrons. The number of halogens is 1. The van der Waals surface area contributed by atoms with Gasteiger partial charge in [0, 0.05) is 19.3 Å². The van der Waals surface area contributed by atoms with Gasteiger partial charge in [0.1, 0.15) is 12.2 Å². The molecule has 0 unspecified atom stereocenters. The van der Waals surface area contributed by atoms with Gasteiger partial charge in [-0.15, -0.1) is 0 Å². The molecule has 0 aliphatic rings. The van der Waals surface area contributed by atoms with E-state index < -0.39 is 5.97 Å². The molecule has 0 bridgehead atoms. The van der Waals surface area contributed by atoms with Crippen LogP contribution in [-0.4, -0.2) is 39.5 Å². The van der Waals surface area contributed by atoms with Gasteiger partial charge in [-0.2, -0.15) is 0 Å².